The zero-order chi connectivity index (χ0) is 14.4. The van der Waals surface area contributed by atoms with Gasteiger partial charge in [0, 0.05) is 38.7 Å². The Balaban J connectivity index is 2.10. The second-order valence-electron chi connectivity index (χ2n) is 5.08. The normalized spacial score (nSPS) is 18.6. The molecule has 1 unspecified atom stereocenters. The predicted molar refractivity (Wildman–Crippen MR) is 84.8 cm³/mol. The average molecular weight is 296 g/mol. The summed E-state index contributed by atoms with van der Waals surface area (Å²) >= 11 is 1.59. The lowest BCUT2D eigenvalue weighted by atomic mass is 10.1. The number of nitrogens with one attached hydrogen (secondary N) is 1. The van der Waals surface area contributed by atoms with Crippen LogP contribution in [-0.4, -0.2) is 49.6 Å². The number of thioether (sulfide) groups is 1. The number of rotatable bonds is 7. The highest BCUT2D eigenvalue weighted by Gasteiger charge is 2.24. The molecule has 1 N–H and O–H groups in total. The molecule has 0 amide bonds. The summed E-state index contributed by atoms with van der Waals surface area (Å²) in [5, 5.41) is 4.18. The molecule has 0 saturated carbocycles. The number of anilines is 2. The smallest absolute Gasteiger partial charge is 0.191 e. The fourth-order valence-corrected chi connectivity index (χ4v) is 2.80. The van der Waals surface area contributed by atoms with Crippen molar-refractivity contribution in [3.05, 3.63) is 6.07 Å². The molecule has 112 valence electrons. The van der Waals surface area contributed by atoms with Crippen LogP contribution < -0.4 is 10.2 Å². The van der Waals surface area contributed by atoms with Gasteiger partial charge in [0.25, 0.3) is 0 Å². The van der Waals surface area contributed by atoms with E-state index >= 15 is 0 Å². The van der Waals surface area contributed by atoms with E-state index in [1.165, 1.54) is 6.42 Å². The van der Waals surface area contributed by atoms with Crippen molar-refractivity contribution in [2.24, 2.45) is 5.92 Å². The number of nitrogens with zero attached hydrogens (tertiary/aromatic N) is 3. The first-order chi connectivity index (χ1) is 9.76. The lowest BCUT2D eigenvalue weighted by Gasteiger charge is -2.19. The summed E-state index contributed by atoms with van der Waals surface area (Å²) in [6.07, 6.45) is 4.28. The second kappa shape index (κ2) is 7.69. The number of methoxy groups -OCH3 is 1. The molecule has 0 aromatic carbocycles. The molecule has 20 heavy (non-hydrogen) atoms. The van der Waals surface area contributed by atoms with Crippen LogP contribution in [0.15, 0.2) is 11.2 Å². The van der Waals surface area contributed by atoms with E-state index in [0.717, 1.165) is 49.5 Å². The Kier molecular flexibility index (Phi) is 5.91. The molecular formula is C14H24N4OS. The molecule has 0 radical (unpaired) electrons. The molecule has 1 atom stereocenters. The van der Waals surface area contributed by atoms with Crippen LogP contribution in [-0.2, 0) is 4.74 Å². The third-order valence-electron chi connectivity index (χ3n) is 3.44. The minimum atomic E-state index is 0.611. The Morgan fingerprint density at radius 1 is 1.50 bits per heavy atom. The van der Waals surface area contributed by atoms with E-state index in [4.69, 9.17) is 4.74 Å². The predicted octanol–water partition coefficient (Wildman–Crippen LogP) is 2.49. The van der Waals surface area contributed by atoms with Gasteiger partial charge in [0.1, 0.15) is 11.6 Å². The second-order valence-corrected chi connectivity index (χ2v) is 5.85. The Bertz CT molecular complexity index is 430. The maximum absolute atomic E-state index is 5.26. The average Bonchev–Trinajstić information content (AvgIpc) is 2.94. The molecular weight excluding hydrogens is 272 g/mol. The Morgan fingerprint density at radius 2 is 2.35 bits per heavy atom. The summed E-state index contributed by atoms with van der Waals surface area (Å²) < 4.78 is 5.26. The SMILES string of the molecule is CCCNc1cc(N2CCC(COC)C2)nc(SC)n1. The maximum atomic E-state index is 5.26. The molecule has 0 bridgehead atoms. The van der Waals surface area contributed by atoms with E-state index in [0.29, 0.717) is 5.92 Å². The van der Waals surface area contributed by atoms with Crippen molar-refractivity contribution in [2.75, 3.05) is 49.8 Å². The summed E-state index contributed by atoms with van der Waals surface area (Å²) in [7, 11) is 1.77. The van der Waals surface area contributed by atoms with Gasteiger partial charge in [0.05, 0.1) is 6.61 Å². The van der Waals surface area contributed by atoms with Crippen LogP contribution in [0.2, 0.25) is 0 Å². The van der Waals surface area contributed by atoms with Gasteiger partial charge in [-0.2, -0.15) is 0 Å². The van der Waals surface area contributed by atoms with Crippen LogP contribution >= 0.6 is 11.8 Å². The van der Waals surface area contributed by atoms with Crippen LogP contribution in [0.25, 0.3) is 0 Å². The molecule has 1 aromatic rings. The Hall–Kier alpha value is -1.01. The van der Waals surface area contributed by atoms with Crippen molar-refractivity contribution in [3.63, 3.8) is 0 Å². The molecule has 5 nitrogen and oxygen atoms in total. The van der Waals surface area contributed by atoms with Crippen molar-refractivity contribution in [3.8, 4) is 0 Å². The molecule has 2 rings (SSSR count). The van der Waals surface area contributed by atoms with Gasteiger partial charge in [-0.1, -0.05) is 18.7 Å². The monoisotopic (exact) mass is 296 g/mol. The largest absolute Gasteiger partial charge is 0.384 e. The van der Waals surface area contributed by atoms with Crippen LogP contribution in [0, 0.1) is 5.92 Å². The number of hydrogen-bond acceptors (Lipinski definition) is 6. The van der Waals surface area contributed by atoms with E-state index in [2.05, 4.69) is 33.2 Å². The standard InChI is InChI=1S/C14H24N4OS/c1-4-6-15-12-8-13(17-14(16-12)20-3)18-7-5-11(9-18)10-19-2/h8,11H,4-7,9-10H2,1-3H3,(H,15,16,17). The third kappa shape index (κ3) is 3.99. The van der Waals surface area contributed by atoms with E-state index < -0.39 is 0 Å². The molecule has 6 heteroatoms. The minimum Gasteiger partial charge on any atom is -0.384 e. The van der Waals surface area contributed by atoms with Gasteiger partial charge < -0.3 is 15.0 Å². The quantitative estimate of drug-likeness (QED) is 0.616. The zero-order valence-electron chi connectivity index (χ0n) is 12.6. The van der Waals surface area contributed by atoms with Gasteiger partial charge in [0.2, 0.25) is 0 Å². The summed E-state index contributed by atoms with van der Waals surface area (Å²) in [5.74, 6) is 2.57. The van der Waals surface area contributed by atoms with Crippen LogP contribution in [0.1, 0.15) is 19.8 Å². The number of hydrogen-bond donors (Lipinski definition) is 1. The maximum Gasteiger partial charge on any atom is 0.191 e. The topological polar surface area (TPSA) is 50.3 Å². The fourth-order valence-electron chi connectivity index (χ4n) is 2.42. The van der Waals surface area contributed by atoms with E-state index in [9.17, 15) is 0 Å². The zero-order valence-corrected chi connectivity index (χ0v) is 13.4. The molecule has 1 saturated heterocycles. The van der Waals surface area contributed by atoms with Gasteiger partial charge in [0.15, 0.2) is 5.16 Å². The van der Waals surface area contributed by atoms with Gasteiger partial charge in [-0.05, 0) is 19.1 Å². The highest BCUT2D eigenvalue weighted by Crippen LogP contribution is 2.26. The minimum absolute atomic E-state index is 0.611. The van der Waals surface area contributed by atoms with Crippen LogP contribution in [0.3, 0.4) is 0 Å². The molecule has 1 aliphatic heterocycles. The number of ether oxygens (including phenoxy) is 1. The Morgan fingerprint density at radius 3 is 3.05 bits per heavy atom. The van der Waals surface area contributed by atoms with Gasteiger partial charge in [-0.3, -0.25) is 0 Å². The lowest BCUT2D eigenvalue weighted by molar-refractivity contribution is 0.161. The summed E-state index contributed by atoms with van der Waals surface area (Å²) in [5.41, 5.74) is 0. The molecule has 1 aromatic heterocycles. The van der Waals surface area contributed by atoms with Crippen molar-refractivity contribution in [1.82, 2.24) is 9.97 Å². The first-order valence-corrected chi connectivity index (χ1v) is 8.40. The van der Waals surface area contributed by atoms with Crippen LogP contribution in [0.5, 0.6) is 0 Å². The number of aromatic nitrogens is 2. The molecule has 1 aliphatic rings. The van der Waals surface area contributed by atoms with Gasteiger partial charge >= 0.3 is 0 Å². The first-order valence-electron chi connectivity index (χ1n) is 7.17. The van der Waals surface area contributed by atoms with Crippen molar-refractivity contribution < 1.29 is 4.74 Å². The van der Waals surface area contributed by atoms with Crippen LogP contribution in [0.4, 0.5) is 11.6 Å². The first kappa shape index (κ1) is 15.4. The van der Waals surface area contributed by atoms with E-state index in [1.54, 1.807) is 18.9 Å². The van der Waals surface area contributed by atoms with Crippen molar-refractivity contribution in [1.29, 1.82) is 0 Å². The summed E-state index contributed by atoms with van der Waals surface area (Å²) in [6, 6.07) is 2.06. The summed E-state index contributed by atoms with van der Waals surface area (Å²) in [6.45, 7) is 5.99. The van der Waals surface area contributed by atoms with Crippen molar-refractivity contribution >= 4 is 23.4 Å². The van der Waals surface area contributed by atoms with E-state index in [-0.39, 0.29) is 0 Å². The molecule has 1 fully saturated rings. The van der Waals surface area contributed by atoms with Crippen molar-refractivity contribution in [2.45, 2.75) is 24.9 Å². The highest BCUT2D eigenvalue weighted by atomic mass is 32.2. The third-order valence-corrected chi connectivity index (χ3v) is 3.99. The molecule has 0 aliphatic carbocycles. The van der Waals surface area contributed by atoms with Gasteiger partial charge in [-0.15, -0.1) is 0 Å². The molecule has 0 spiro atoms. The van der Waals surface area contributed by atoms with Gasteiger partial charge in [-0.25, -0.2) is 9.97 Å². The lowest BCUT2D eigenvalue weighted by Crippen LogP contribution is -2.22. The fraction of sp³-hybridized carbons (Fsp3) is 0.714. The molecule has 2 heterocycles. The Labute approximate surface area is 125 Å². The summed E-state index contributed by atoms with van der Waals surface area (Å²) in [4.78, 5) is 11.5. The van der Waals surface area contributed by atoms with E-state index in [1.807, 2.05) is 6.26 Å². The highest BCUT2D eigenvalue weighted by molar-refractivity contribution is 7.98.